The second-order valence-electron chi connectivity index (χ2n) is 6.41. The molecule has 1 aliphatic heterocycles. The molecule has 5 heteroatoms. The molecule has 0 amide bonds. The summed E-state index contributed by atoms with van der Waals surface area (Å²) in [4.78, 5) is 1.53. The Morgan fingerprint density at radius 3 is 2.17 bits per heavy atom. The predicted octanol–water partition coefficient (Wildman–Crippen LogP) is 3.02. The summed E-state index contributed by atoms with van der Waals surface area (Å²) in [6, 6.07) is -2.32. The fraction of sp³-hybridized carbons (Fsp3) is 1.00. The van der Waals surface area contributed by atoms with Crippen molar-refractivity contribution in [3.63, 3.8) is 0 Å². The van der Waals surface area contributed by atoms with Crippen LogP contribution in [0.3, 0.4) is 0 Å². The van der Waals surface area contributed by atoms with E-state index in [1.54, 1.807) is 6.92 Å². The number of rotatable bonds is 3. The summed E-state index contributed by atoms with van der Waals surface area (Å²) in [6.07, 6.45) is -3.06. The van der Waals surface area contributed by atoms with Gasteiger partial charge in [-0.25, -0.2) is 0 Å². The highest BCUT2D eigenvalue weighted by Crippen LogP contribution is 2.37. The van der Waals surface area contributed by atoms with E-state index in [-0.39, 0.29) is 5.41 Å². The minimum absolute atomic E-state index is 0.0568. The van der Waals surface area contributed by atoms with E-state index in [1.165, 1.54) is 4.90 Å². The Labute approximate surface area is 108 Å². The SMILES string of the molecule is CCC(N)C(N1CCC(C(C)(C)C)C1)C(F)(F)F. The molecule has 0 aromatic carbocycles. The number of hydrogen-bond acceptors (Lipinski definition) is 2. The molecule has 1 heterocycles. The molecule has 2 nitrogen and oxygen atoms in total. The normalized spacial score (nSPS) is 26.3. The van der Waals surface area contributed by atoms with Crippen molar-refractivity contribution in [3.05, 3.63) is 0 Å². The lowest BCUT2D eigenvalue weighted by Crippen LogP contribution is -2.55. The molecule has 1 fully saturated rings. The third-order valence-electron chi connectivity index (χ3n) is 4.05. The fourth-order valence-electron chi connectivity index (χ4n) is 2.69. The van der Waals surface area contributed by atoms with Crippen molar-refractivity contribution in [1.82, 2.24) is 4.90 Å². The molecule has 0 saturated carbocycles. The molecule has 108 valence electrons. The van der Waals surface area contributed by atoms with E-state index in [0.29, 0.717) is 25.4 Å². The fourth-order valence-corrected chi connectivity index (χ4v) is 2.69. The number of likely N-dealkylation sites (tertiary alicyclic amines) is 1. The minimum Gasteiger partial charge on any atom is -0.326 e. The van der Waals surface area contributed by atoms with Gasteiger partial charge in [-0.15, -0.1) is 0 Å². The molecule has 18 heavy (non-hydrogen) atoms. The van der Waals surface area contributed by atoms with Gasteiger partial charge in [0, 0.05) is 12.6 Å². The Hall–Kier alpha value is -0.290. The van der Waals surface area contributed by atoms with E-state index in [2.05, 4.69) is 20.8 Å². The zero-order valence-electron chi connectivity index (χ0n) is 11.7. The van der Waals surface area contributed by atoms with Gasteiger partial charge in [-0.2, -0.15) is 13.2 Å². The summed E-state index contributed by atoms with van der Waals surface area (Å²) in [5, 5.41) is 0. The van der Waals surface area contributed by atoms with Gasteiger partial charge in [0.15, 0.2) is 0 Å². The molecule has 2 N–H and O–H groups in total. The highest BCUT2D eigenvalue weighted by Gasteiger charge is 2.49. The summed E-state index contributed by atoms with van der Waals surface area (Å²) in [5.74, 6) is 0.311. The summed E-state index contributed by atoms with van der Waals surface area (Å²) in [6.45, 7) is 8.97. The standard InChI is InChI=1S/C13H25F3N2/c1-5-10(17)11(13(14,15)16)18-7-6-9(8-18)12(2,3)4/h9-11H,5-8,17H2,1-4H3. The van der Waals surface area contributed by atoms with Gasteiger partial charge in [-0.3, -0.25) is 4.90 Å². The molecule has 1 rings (SSSR count). The number of hydrogen-bond donors (Lipinski definition) is 1. The number of nitrogens with two attached hydrogens (primary N) is 1. The molecule has 0 aromatic heterocycles. The minimum atomic E-state index is -4.23. The Balaban J connectivity index is 2.79. The quantitative estimate of drug-likeness (QED) is 0.850. The number of alkyl halides is 3. The topological polar surface area (TPSA) is 29.3 Å². The monoisotopic (exact) mass is 266 g/mol. The first-order valence-corrected chi connectivity index (χ1v) is 6.63. The summed E-state index contributed by atoms with van der Waals surface area (Å²) >= 11 is 0. The van der Waals surface area contributed by atoms with E-state index in [4.69, 9.17) is 5.73 Å². The Morgan fingerprint density at radius 2 is 1.83 bits per heavy atom. The lowest BCUT2D eigenvalue weighted by Gasteiger charge is -2.35. The van der Waals surface area contributed by atoms with Crippen molar-refractivity contribution in [2.45, 2.75) is 58.8 Å². The third-order valence-corrected chi connectivity index (χ3v) is 4.05. The van der Waals surface area contributed by atoms with Crippen molar-refractivity contribution < 1.29 is 13.2 Å². The maximum absolute atomic E-state index is 13.1. The van der Waals surface area contributed by atoms with Crippen LogP contribution in [-0.2, 0) is 0 Å². The van der Waals surface area contributed by atoms with E-state index in [1.807, 2.05) is 0 Å². The van der Waals surface area contributed by atoms with E-state index in [0.717, 1.165) is 6.42 Å². The average molecular weight is 266 g/mol. The lowest BCUT2D eigenvalue weighted by molar-refractivity contribution is -0.187. The van der Waals surface area contributed by atoms with Crippen LogP contribution in [0.25, 0.3) is 0 Å². The lowest BCUT2D eigenvalue weighted by atomic mass is 9.80. The first-order chi connectivity index (χ1) is 8.07. The first-order valence-electron chi connectivity index (χ1n) is 6.63. The van der Waals surface area contributed by atoms with Gasteiger partial charge >= 0.3 is 6.18 Å². The number of halogens is 3. The largest absolute Gasteiger partial charge is 0.405 e. The number of nitrogens with zero attached hydrogens (tertiary/aromatic N) is 1. The van der Waals surface area contributed by atoms with Crippen molar-refractivity contribution in [2.75, 3.05) is 13.1 Å². The van der Waals surface area contributed by atoms with Gasteiger partial charge in [-0.05, 0) is 30.7 Å². The molecule has 0 aliphatic carbocycles. The zero-order chi connectivity index (χ0) is 14.1. The zero-order valence-corrected chi connectivity index (χ0v) is 11.7. The molecular formula is C13H25F3N2. The Bertz CT molecular complexity index is 270. The Kier molecular flexibility index (Phi) is 4.70. The van der Waals surface area contributed by atoms with Gasteiger partial charge < -0.3 is 5.73 Å². The molecule has 3 atom stereocenters. The van der Waals surface area contributed by atoms with Gasteiger partial charge in [0.1, 0.15) is 6.04 Å². The molecule has 0 aromatic rings. The van der Waals surface area contributed by atoms with E-state index in [9.17, 15) is 13.2 Å². The van der Waals surface area contributed by atoms with Crippen LogP contribution in [-0.4, -0.2) is 36.2 Å². The maximum Gasteiger partial charge on any atom is 0.405 e. The van der Waals surface area contributed by atoms with E-state index >= 15 is 0 Å². The Morgan fingerprint density at radius 1 is 1.28 bits per heavy atom. The molecule has 0 bridgehead atoms. The van der Waals surface area contributed by atoms with Crippen LogP contribution in [0.1, 0.15) is 40.5 Å². The van der Waals surface area contributed by atoms with Crippen LogP contribution in [0.4, 0.5) is 13.2 Å². The van der Waals surface area contributed by atoms with Crippen molar-refractivity contribution >= 4 is 0 Å². The molecule has 0 radical (unpaired) electrons. The smallest absolute Gasteiger partial charge is 0.326 e. The highest BCUT2D eigenvalue weighted by molar-refractivity contribution is 4.93. The average Bonchev–Trinajstić information content (AvgIpc) is 2.63. The van der Waals surface area contributed by atoms with Crippen LogP contribution in [0.2, 0.25) is 0 Å². The van der Waals surface area contributed by atoms with Gasteiger partial charge in [0.2, 0.25) is 0 Å². The van der Waals surface area contributed by atoms with Crippen molar-refractivity contribution in [2.24, 2.45) is 17.1 Å². The molecule has 1 saturated heterocycles. The second kappa shape index (κ2) is 5.37. The van der Waals surface area contributed by atoms with Crippen molar-refractivity contribution in [1.29, 1.82) is 0 Å². The van der Waals surface area contributed by atoms with Crippen molar-refractivity contribution in [3.8, 4) is 0 Å². The summed E-state index contributed by atoms with van der Waals surface area (Å²) < 4.78 is 39.3. The van der Waals surface area contributed by atoms with Gasteiger partial charge in [0.05, 0.1) is 0 Å². The van der Waals surface area contributed by atoms with Crippen LogP contribution >= 0.6 is 0 Å². The van der Waals surface area contributed by atoms with E-state index < -0.39 is 18.3 Å². The van der Waals surface area contributed by atoms with Gasteiger partial charge in [0.25, 0.3) is 0 Å². The van der Waals surface area contributed by atoms with Crippen LogP contribution < -0.4 is 5.73 Å². The molecule has 0 spiro atoms. The molecular weight excluding hydrogens is 241 g/mol. The first kappa shape index (κ1) is 15.8. The molecule has 3 unspecified atom stereocenters. The third kappa shape index (κ3) is 3.60. The molecule has 1 aliphatic rings. The highest BCUT2D eigenvalue weighted by atomic mass is 19.4. The van der Waals surface area contributed by atoms with Crippen LogP contribution in [0.15, 0.2) is 0 Å². The summed E-state index contributed by atoms with van der Waals surface area (Å²) in [7, 11) is 0. The van der Waals surface area contributed by atoms with Crippen LogP contribution in [0, 0.1) is 11.3 Å². The van der Waals surface area contributed by atoms with Crippen LogP contribution in [0.5, 0.6) is 0 Å². The van der Waals surface area contributed by atoms with Gasteiger partial charge in [-0.1, -0.05) is 27.7 Å². The summed E-state index contributed by atoms with van der Waals surface area (Å²) in [5.41, 5.74) is 5.73. The maximum atomic E-state index is 13.1. The second-order valence-corrected chi connectivity index (χ2v) is 6.41. The predicted molar refractivity (Wildman–Crippen MR) is 67.2 cm³/mol.